The average molecular weight is 365 g/mol. The second-order valence-corrected chi connectivity index (χ2v) is 5.61. The molecule has 0 fully saturated rings. The van der Waals surface area contributed by atoms with Crippen LogP contribution in [0.3, 0.4) is 0 Å². The Hall–Kier alpha value is -1.56. The zero-order valence-corrected chi connectivity index (χ0v) is 13.1. The Bertz CT molecular complexity index is 545. The van der Waals surface area contributed by atoms with Gasteiger partial charge in [0.1, 0.15) is 0 Å². The Labute approximate surface area is 127 Å². The molecule has 3 nitrogen and oxygen atoms in total. The van der Waals surface area contributed by atoms with Crippen molar-refractivity contribution in [3.63, 3.8) is 0 Å². The Morgan fingerprint density at radius 2 is 1.63 bits per heavy atom. The van der Waals surface area contributed by atoms with Crippen molar-refractivity contribution < 1.29 is 0 Å². The lowest BCUT2D eigenvalue weighted by Gasteiger charge is -2.11. The number of benzene rings is 2. The Morgan fingerprint density at radius 1 is 1.00 bits per heavy atom. The van der Waals surface area contributed by atoms with Crippen LogP contribution in [0, 0.1) is 3.57 Å². The van der Waals surface area contributed by atoms with Crippen molar-refractivity contribution in [2.24, 2.45) is 5.10 Å². The summed E-state index contributed by atoms with van der Waals surface area (Å²) in [7, 11) is 4.06. The van der Waals surface area contributed by atoms with E-state index in [0.717, 1.165) is 11.3 Å². The molecular formula is C15H16IN3. The summed E-state index contributed by atoms with van der Waals surface area (Å²) in [4.78, 5) is 2.07. The van der Waals surface area contributed by atoms with E-state index in [2.05, 4.69) is 62.3 Å². The van der Waals surface area contributed by atoms with Crippen LogP contribution in [-0.2, 0) is 0 Å². The number of hydrazone groups is 1. The van der Waals surface area contributed by atoms with Crippen LogP contribution in [0.15, 0.2) is 53.6 Å². The van der Waals surface area contributed by atoms with Gasteiger partial charge < -0.3 is 4.90 Å². The van der Waals surface area contributed by atoms with E-state index in [1.807, 2.05) is 44.6 Å². The highest BCUT2D eigenvalue weighted by Gasteiger charge is 1.94. The fourth-order valence-corrected chi connectivity index (χ4v) is 1.92. The number of rotatable bonds is 4. The van der Waals surface area contributed by atoms with Crippen molar-refractivity contribution in [2.45, 2.75) is 0 Å². The van der Waals surface area contributed by atoms with Crippen LogP contribution in [0.4, 0.5) is 11.4 Å². The van der Waals surface area contributed by atoms with Gasteiger partial charge in [-0.15, -0.1) is 0 Å². The minimum atomic E-state index is 0.988. The first kappa shape index (κ1) is 13.9. The summed E-state index contributed by atoms with van der Waals surface area (Å²) in [5.41, 5.74) is 6.26. The van der Waals surface area contributed by atoms with Gasteiger partial charge in [-0.3, -0.25) is 5.43 Å². The molecule has 0 radical (unpaired) electrons. The van der Waals surface area contributed by atoms with Crippen molar-refractivity contribution in [2.75, 3.05) is 24.4 Å². The fraction of sp³-hybridized carbons (Fsp3) is 0.133. The monoisotopic (exact) mass is 365 g/mol. The molecule has 98 valence electrons. The third-order valence-electron chi connectivity index (χ3n) is 2.66. The van der Waals surface area contributed by atoms with Crippen molar-refractivity contribution in [3.8, 4) is 0 Å². The summed E-state index contributed by atoms with van der Waals surface area (Å²) in [5, 5.41) is 4.22. The van der Waals surface area contributed by atoms with E-state index >= 15 is 0 Å². The van der Waals surface area contributed by atoms with E-state index in [0.29, 0.717) is 0 Å². The molecule has 1 N–H and O–H groups in total. The normalized spacial score (nSPS) is 10.7. The van der Waals surface area contributed by atoms with Gasteiger partial charge in [-0.2, -0.15) is 5.10 Å². The highest BCUT2D eigenvalue weighted by atomic mass is 127. The number of halogens is 1. The van der Waals surface area contributed by atoms with E-state index in [1.54, 1.807) is 0 Å². The van der Waals surface area contributed by atoms with Gasteiger partial charge in [-0.05, 0) is 64.6 Å². The van der Waals surface area contributed by atoms with Crippen molar-refractivity contribution in [1.29, 1.82) is 0 Å². The molecule has 0 saturated heterocycles. The Balaban J connectivity index is 1.97. The molecule has 0 atom stereocenters. The lowest BCUT2D eigenvalue weighted by atomic mass is 10.2. The molecule has 2 rings (SSSR count). The molecule has 0 heterocycles. The minimum absolute atomic E-state index is 0.988. The summed E-state index contributed by atoms with van der Waals surface area (Å²) in [5.74, 6) is 0. The topological polar surface area (TPSA) is 27.6 Å². The maximum atomic E-state index is 4.22. The second kappa shape index (κ2) is 6.56. The molecule has 0 spiro atoms. The third kappa shape index (κ3) is 4.24. The number of nitrogens with one attached hydrogen (secondary N) is 1. The van der Waals surface area contributed by atoms with Crippen molar-refractivity contribution in [3.05, 3.63) is 57.7 Å². The molecule has 0 aromatic heterocycles. The SMILES string of the molecule is CN(C)c1ccc(C=NNc2ccc(I)cc2)cc1. The van der Waals surface area contributed by atoms with Crippen LogP contribution >= 0.6 is 22.6 Å². The van der Waals surface area contributed by atoms with Gasteiger partial charge in [0.05, 0.1) is 11.9 Å². The van der Waals surface area contributed by atoms with Gasteiger partial charge in [0, 0.05) is 23.4 Å². The van der Waals surface area contributed by atoms with Crippen LogP contribution in [-0.4, -0.2) is 20.3 Å². The predicted octanol–water partition coefficient (Wildman–Crippen LogP) is 3.80. The first-order valence-electron chi connectivity index (χ1n) is 5.97. The smallest absolute Gasteiger partial charge is 0.0562 e. The van der Waals surface area contributed by atoms with Crippen LogP contribution in [0.5, 0.6) is 0 Å². The first-order valence-corrected chi connectivity index (χ1v) is 7.05. The molecule has 0 aliphatic heterocycles. The summed E-state index contributed by atoms with van der Waals surface area (Å²) in [6.07, 6.45) is 1.82. The maximum absolute atomic E-state index is 4.22. The van der Waals surface area contributed by atoms with Gasteiger partial charge in [0.15, 0.2) is 0 Å². The number of hydrogen-bond acceptors (Lipinski definition) is 3. The van der Waals surface area contributed by atoms with Crippen LogP contribution in [0.1, 0.15) is 5.56 Å². The van der Waals surface area contributed by atoms with E-state index in [1.165, 1.54) is 9.26 Å². The standard InChI is InChI=1S/C15H16IN3/c1-19(2)15-9-3-12(4-10-15)11-17-18-14-7-5-13(16)6-8-14/h3-11,18H,1-2H3. The Kier molecular flexibility index (Phi) is 4.79. The van der Waals surface area contributed by atoms with Crippen LogP contribution < -0.4 is 10.3 Å². The molecule has 0 aliphatic rings. The molecule has 2 aromatic rings. The summed E-state index contributed by atoms with van der Waals surface area (Å²) in [6, 6.07) is 16.4. The molecule has 4 heteroatoms. The maximum Gasteiger partial charge on any atom is 0.0562 e. The van der Waals surface area contributed by atoms with E-state index < -0.39 is 0 Å². The second-order valence-electron chi connectivity index (χ2n) is 4.36. The zero-order valence-electron chi connectivity index (χ0n) is 11.0. The lowest BCUT2D eigenvalue weighted by molar-refractivity contribution is 1.13. The molecule has 0 saturated carbocycles. The molecule has 19 heavy (non-hydrogen) atoms. The number of hydrogen-bond donors (Lipinski definition) is 1. The van der Waals surface area contributed by atoms with E-state index in [9.17, 15) is 0 Å². The highest BCUT2D eigenvalue weighted by molar-refractivity contribution is 14.1. The van der Waals surface area contributed by atoms with Crippen molar-refractivity contribution in [1.82, 2.24) is 0 Å². The quantitative estimate of drug-likeness (QED) is 0.507. The molecular weight excluding hydrogens is 349 g/mol. The lowest BCUT2D eigenvalue weighted by Crippen LogP contribution is -2.08. The Morgan fingerprint density at radius 3 is 2.21 bits per heavy atom. The minimum Gasteiger partial charge on any atom is -0.378 e. The number of anilines is 2. The van der Waals surface area contributed by atoms with E-state index in [-0.39, 0.29) is 0 Å². The van der Waals surface area contributed by atoms with E-state index in [4.69, 9.17) is 0 Å². The molecule has 0 bridgehead atoms. The summed E-state index contributed by atoms with van der Waals surface area (Å²) >= 11 is 2.28. The number of nitrogens with zero attached hydrogens (tertiary/aromatic N) is 2. The summed E-state index contributed by atoms with van der Waals surface area (Å²) in [6.45, 7) is 0. The van der Waals surface area contributed by atoms with Gasteiger partial charge >= 0.3 is 0 Å². The molecule has 0 unspecified atom stereocenters. The third-order valence-corrected chi connectivity index (χ3v) is 3.38. The average Bonchev–Trinajstić information content (AvgIpc) is 2.41. The van der Waals surface area contributed by atoms with Gasteiger partial charge in [-0.25, -0.2) is 0 Å². The highest BCUT2D eigenvalue weighted by Crippen LogP contribution is 2.12. The summed E-state index contributed by atoms with van der Waals surface area (Å²) < 4.78 is 1.21. The van der Waals surface area contributed by atoms with Gasteiger partial charge in [0.25, 0.3) is 0 Å². The van der Waals surface area contributed by atoms with Crippen molar-refractivity contribution >= 4 is 40.2 Å². The molecule has 0 aliphatic carbocycles. The fourth-order valence-electron chi connectivity index (χ4n) is 1.56. The van der Waals surface area contributed by atoms with Gasteiger partial charge in [-0.1, -0.05) is 12.1 Å². The van der Waals surface area contributed by atoms with Crippen LogP contribution in [0.2, 0.25) is 0 Å². The van der Waals surface area contributed by atoms with Gasteiger partial charge in [0.2, 0.25) is 0 Å². The largest absolute Gasteiger partial charge is 0.378 e. The predicted molar refractivity (Wildman–Crippen MR) is 91.1 cm³/mol. The first-order chi connectivity index (χ1) is 9.15. The molecule has 2 aromatic carbocycles. The van der Waals surface area contributed by atoms with Crippen LogP contribution in [0.25, 0.3) is 0 Å². The zero-order chi connectivity index (χ0) is 13.7. The molecule has 0 amide bonds.